The van der Waals surface area contributed by atoms with Crippen LogP contribution in [0.1, 0.15) is 11.4 Å². The second kappa shape index (κ2) is 5.88. The summed E-state index contributed by atoms with van der Waals surface area (Å²) in [7, 11) is 0. The fraction of sp³-hybridized carbons (Fsp3) is 0.0556. The molecular weight excluding hydrogens is 286 g/mol. The molecule has 0 radical (unpaired) electrons. The Bertz CT molecular complexity index is 916. The van der Waals surface area contributed by atoms with Crippen LogP contribution < -0.4 is 5.32 Å². The van der Waals surface area contributed by atoms with Gasteiger partial charge in [0.25, 0.3) is 0 Å². The Kier molecular flexibility index (Phi) is 3.44. The van der Waals surface area contributed by atoms with E-state index in [1.807, 2.05) is 54.6 Å². The van der Waals surface area contributed by atoms with Gasteiger partial charge in [-0.15, -0.1) is 5.10 Å². The third kappa shape index (κ3) is 2.89. The Morgan fingerprint density at radius 3 is 2.39 bits per heavy atom. The van der Waals surface area contributed by atoms with Crippen molar-refractivity contribution < 1.29 is 0 Å². The second-order valence-corrected chi connectivity index (χ2v) is 5.22. The molecule has 2 aromatic carbocycles. The molecule has 2 heterocycles. The maximum absolute atomic E-state index is 4.54. The maximum atomic E-state index is 4.54. The summed E-state index contributed by atoms with van der Waals surface area (Å²) < 4.78 is 1.79. The maximum Gasteiger partial charge on any atom is 0.247 e. The van der Waals surface area contributed by atoms with Crippen molar-refractivity contribution in [2.24, 2.45) is 0 Å². The van der Waals surface area contributed by atoms with Crippen molar-refractivity contribution >= 4 is 17.3 Å². The monoisotopic (exact) mass is 301 g/mol. The second-order valence-electron chi connectivity index (χ2n) is 5.22. The summed E-state index contributed by atoms with van der Waals surface area (Å²) >= 11 is 0. The molecule has 0 aliphatic carbocycles. The normalized spacial score (nSPS) is 10.8. The minimum atomic E-state index is 0.568. The molecule has 5 nitrogen and oxygen atoms in total. The average molecular weight is 301 g/mol. The van der Waals surface area contributed by atoms with Gasteiger partial charge >= 0.3 is 0 Å². The van der Waals surface area contributed by atoms with Crippen molar-refractivity contribution in [3.63, 3.8) is 0 Å². The number of aromatic nitrogens is 4. The molecule has 4 aromatic rings. The van der Waals surface area contributed by atoms with Gasteiger partial charge in [-0.2, -0.15) is 9.50 Å². The van der Waals surface area contributed by atoms with Crippen LogP contribution >= 0.6 is 0 Å². The summed E-state index contributed by atoms with van der Waals surface area (Å²) in [5, 5.41) is 7.75. The number of nitrogens with one attached hydrogen (secondary N) is 1. The van der Waals surface area contributed by atoms with Crippen LogP contribution in [0.15, 0.2) is 72.9 Å². The van der Waals surface area contributed by atoms with Gasteiger partial charge < -0.3 is 5.32 Å². The molecule has 112 valence electrons. The molecule has 0 amide bonds. The summed E-state index contributed by atoms with van der Waals surface area (Å²) in [6.45, 7) is 0. The number of fused-ring (bicyclic) bond motifs is 1. The molecule has 0 bridgehead atoms. The average Bonchev–Trinajstić information content (AvgIpc) is 3.00. The molecule has 0 saturated carbocycles. The minimum Gasteiger partial charge on any atom is -0.323 e. The van der Waals surface area contributed by atoms with E-state index in [1.54, 1.807) is 10.7 Å². The van der Waals surface area contributed by atoms with Gasteiger partial charge in [-0.05, 0) is 17.7 Å². The molecular formula is C18H15N5. The number of benzene rings is 2. The first kappa shape index (κ1) is 13.5. The Hall–Kier alpha value is -3.21. The number of anilines is 2. The largest absolute Gasteiger partial charge is 0.323 e. The fourth-order valence-electron chi connectivity index (χ4n) is 2.47. The van der Waals surface area contributed by atoms with Crippen molar-refractivity contribution in [3.05, 3.63) is 84.3 Å². The van der Waals surface area contributed by atoms with Crippen LogP contribution in [0.5, 0.6) is 0 Å². The van der Waals surface area contributed by atoms with E-state index in [9.17, 15) is 0 Å². The van der Waals surface area contributed by atoms with Crippen LogP contribution in [-0.4, -0.2) is 19.6 Å². The highest BCUT2D eigenvalue weighted by atomic mass is 15.4. The van der Waals surface area contributed by atoms with E-state index in [0.717, 1.165) is 17.2 Å². The van der Waals surface area contributed by atoms with Crippen LogP contribution in [0.4, 0.5) is 11.6 Å². The summed E-state index contributed by atoms with van der Waals surface area (Å²) in [6, 6.07) is 22.0. The van der Waals surface area contributed by atoms with Gasteiger partial charge in [-0.25, -0.2) is 4.98 Å². The molecule has 0 aliphatic heterocycles. The number of para-hydroxylation sites is 1. The first-order valence-corrected chi connectivity index (χ1v) is 7.45. The molecule has 0 atom stereocenters. The van der Waals surface area contributed by atoms with Crippen LogP contribution in [0.2, 0.25) is 0 Å². The van der Waals surface area contributed by atoms with E-state index in [-0.39, 0.29) is 0 Å². The van der Waals surface area contributed by atoms with E-state index < -0.39 is 0 Å². The van der Waals surface area contributed by atoms with Crippen molar-refractivity contribution in [1.29, 1.82) is 0 Å². The number of nitrogens with zero attached hydrogens (tertiary/aromatic N) is 4. The standard InChI is InChI=1S/C18H15N5/c1-3-7-14(8-4-1)13-17-19-12-11-16-21-18(22-23(16)17)20-15-9-5-2-6-10-15/h1-12H,13H2,(H,20,22). The summed E-state index contributed by atoms with van der Waals surface area (Å²) in [5.74, 6) is 1.43. The van der Waals surface area contributed by atoms with Crippen molar-refractivity contribution in [2.75, 3.05) is 5.32 Å². The third-order valence-corrected chi connectivity index (χ3v) is 3.56. The van der Waals surface area contributed by atoms with Gasteiger partial charge in [0.2, 0.25) is 5.95 Å². The molecule has 1 N–H and O–H groups in total. The van der Waals surface area contributed by atoms with Gasteiger partial charge in [0.1, 0.15) is 5.82 Å². The Balaban J connectivity index is 1.67. The number of hydrogen-bond donors (Lipinski definition) is 1. The molecule has 5 heteroatoms. The Morgan fingerprint density at radius 1 is 0.870 bits per heavy atom. The zero-order valence-corrected chi connectivity index (χ0v) is 12.4. The van der Waals surface area contributed by atoms with E-state index >= 15 is 0 Å². The van der Waals surface area contributed by atoms with Crippen LogP contribution in [-0.2, 0) is 6.42 Å². The van der Waals surface area contributed by atoms with Crippen molar-refractivity contribution in [1.82, 2.24) is 19.6 Å². The highest BCUT2D eigenvalue weighted by Gasteiger charge is 2.09. The first-order chi connectivity index (χ1) is 11.4. The van der Waals surface area contributed by atoms with Gasteiger partial charge in [0, 0.05) is 24.4 Å². The van der Waals surface area contributed by atoms with Gasteiger partial charge in [-0.3, -0.25) is 0 Å². The van der Waals surface area contributed by atoms with E-state index in [1.165, 1.54) is 5.56 Å². The molecule has 0 spiro atoms. The molecule has 0 fully saturated rings. The van der Waals surface area contributed by atoms with E-state index in [4.69, 9.17) is 0 Å². The molecule has 0 aliphatic rings. The quantitative estimate of drug-likeness (QED) is 0.627. The smallest absolute Gasteiger partial charge is 0.247 e. The summed E-state index contributed by atoms with van der Waals surface area (Å²) in [5.41, 5.74) is 2.94. The zero-order valence-electron chi connectivity index (χ0n) is 12.4. The van der Waals surface area contributed by atoms with Crippen LogP contribution in [0.3, 0.4) is 0 Å². The minimum absolute atomic E-state index is 0.568. The molecule has 0 saturated heterocycles. The fourth-order valence-corrected chi connectivity index (χ4v) is 2.47. The van der Waals surface area contributed by atoms with E-state index in [2.05, 4.69) is 32.5 Å². The van der Waals surface area contributed by atoms with Crippen molar-refractivity contribution in [3.8, 4) is 0 Å². The van der Waals surface area contributed by atoms with Gasteiger partial charge in [-0.1, -0.05) is 48.5 Å². The van der Waals surface area contributed by atoms with Gasteiger partial charge in [0.05, 0.1) is 0 Å². The lowest BCUT2D eigenvalue weighted by atomic mass is 10.1. The lowest BCUT2D eigenvalue weighted by Crippen LogP contribution is -2.03. The highest BCUT2D eigenvalue weighted by molar-refractivity contribution is 5.55. The molecule has 4 rings (SSSR count). The lowest BCUT2D eigenvalue weighted by molar-refractivity contribution is 0.828. The third-order valence-electron chi connectivity index (χ3n) is 3.56. The topological polar surface area (TPSA) is 55.1 Å². The highest BCUT2D eigenvalue weighted by Crippen LogP contribution is 2.15. The first-order valence-electron chi connectivity index (χ1n) is 7.45. The lowest BCUT2D eigenvalue weighted by Gasteiger charge is -2.02. The number of hydrogen-bond acceptors (Lipinski definition) is 4. The van der Waals surface area contributed by atoms with Crippen LogP contribution in [0, 0.1) is 0 Å². The molecule has 23 heavy (non-hydrogen) atoms. The van der Waals surface area contributed by atoms with Crippen molar-refractivity contribution in [2.45, 2.75) is 6.42 Å². The summed E-state index contributed by atoms with van der Waals surface area (Å²) in [6.07, 6.45) is 2.49. The van der Waals surface area contributed by atoms with E-state index in [0.29, 0.717) is 12.4 Å². The predicted octanol–water partition coefficient (Wildman–Crippen LogP) is 3.46. The van der Waals surface area contributed by atoms with Gasteiger partial charge in [0.15, 0.2) is 5.65 Å². The van der Waals surface area contributed by atoms with Crippen LogP contribution in [0.25, 0.3) is 5.65 Å². The number of rotatable bonds is 4. The molecule has 2 aromatic heterocycles. The predicted molar refractivity (Wildman–Crippen MR) is 89.8 cm³/mol. The summed E-state index contributed by atoms with van der Waals surface area (Å²) in [4.78, 5) is 8.97. The SMILES string of the molecule is c1ccc(Cc2nccc3nc(Nc4ccccc4)nn23)cc1. The zero-order chi connectivity index (χ0) is 15.5. The molecule has 0 unspecified atom stereocenters. The Labute approximate surface area is 133 Å². The Morgan fingerprint density at radius 2 is 1.61 bits per heavy atom.